The molecule has 0 aliphatic carbocycles. The van der Waals surface area contributed by atoms with Gasteiger partial charge in [-0.3, -0.25) is 4.79 Å². The first-order chi connectivity index (χ1) is 14.6. The Bertz CT molecular complexity index is 1000. The molecule has 0 radical (unpaired) electrons. The van der Waals surface area contributed by atoms with Crippen molar-refractivity contribution < 1.29 is 22.7 Å². The number of benzene rings is 2. The fraction of sp³-hybridized carbons (Fsp3) is 0.435. The zero-order valence-corrected chi connectivity index (χ0v) is 19.8. The zero-order valence-electron chi connectivity index (χ0n) is 19.0. The van der Waals surface area contributed by atoms with Gasteiger partial charge in [0.1, 0.15) is 0 Å². The van der Waals surface area contributed by atoms with Crippen LogP contribution < -0.4 is 14.8 Å². The van der Waals surface area contributed by atoms with Gasteiger partial charge in [-0.2, -0.15) is 0 Å². The Morgan fingerprint density at radius 1 is 1.00 bits per heavy atom. The molecule has 0 aromatic heterocycles. The molecule has 0 saturated carbocycles. The Morgan fingerprint density at radius 3 is 2.23 bits per heavy atom. The van der Waals surface area contributed by atoms with E-state index >= 15 is 0 Å². The summed E-state index contributed by atoms with van der Waals surface area (Å²) in [5.41, 5.74) is 1.16. The highest BCUT2D eigenvalue weighted by atomic mass is 32.2. The molecular formula is C23H32N2O5S. The first kappa shape index (κ1) is 24.7. The van der Waals surface area contributed by atoms with Crippen LogP contribution in [0.5, 0.6) is 11.5 Å². The van der Waals surface area contributed by atoms with E-state index in [4.69, 9.17) is 9.47 Å². The molecule has 1 atom stereocenters. The molecule has 2 rings (SSSR count). The van der Waals surface area contributed by atoms with Crippen LogP contribution in [0, 0.1) is 5.92 Å². The fourth-order valence-electron chi connectivity index (χ4n) is 3.13. The molecule has 31 heavy (non-hydrogen) atoms. The van der Waals surface area contributed by atoms with Gasteiger partial charge in [0.05, 0.1) is 24.2 Å². The average molecular weight is 449 g/mol. The molecule has 1 amide bonds. The predicted molar refractivity (Wildman–Crippen MR) is 121 cm³/mol. The molecule has 7 nitrogen and oxygen atoms in total. The van der Waals surface area contributed by atoms with E-state index in [1.807, 2.05) is 45.9 Å². The van der Waals surface area contributed by atoms with E-state index in [2.05, 4.69) is 5.32 Å². The second-order valence-electron chi connectivity index (χ2n) is 7.58. The number of nitrogens with one attached hydrogen (secondary N) is 1. The molecule has 1 N–H and O–H groups in total. The zero-order chi connectivity index (χ0) is 23.2. The molecule has 1 unspecified atom stereocenters. The minimum absolute atomic E-state index is 0.0750. The summed E-state index contributed by atoms with van der Waals surface area (Å²) in [6.45, 7) is 8.85. The van der Waals surface area contributed by atoms with Crippen molar-refractivity contribution in [3.8, 4) is 11.5 Å². The van der Waals surface area contributed by atoms with E-state index in [1.165, 1.54) is 26.2 Å². The smallest absolute Gasteiger partial charge is 0.251 e. The van der Waals surface area contributed by atoms with Crippen molar-refractivity contribution >= 4 is 15.9 Å². The van der Waals surface area contributed by atoms with E-state index in [0.717, 1.165) is 9.87 Å². The van der Waals surface area contributed by atoms with Crippen molar-refractivity contribution in [2.24, 2.45) is 5.92 Å². The Labute approximate surface area is 185 Å². The Hall–Kier alpha value is -2.58. The molecule has 2 aromatic carbocycles. The quantitative estimate of drug-likeness (QED) is 0.597. The van der Waals surface area contributed by atoms with Crippen LogP contribution in [0.1, 0.15) is 49.7 Å². The number of nitrogens with zero attached hydrogens (tertiary/aromatic N) is 1. The van der Waals surface area contributed by atoms with Gasteiger partial charge in [0.25, 0.3) is 5.91 Å². The Balaban J connectivity index is 2.34. The fourth-order valence-corrected chi connectivity index (χ4v) is 4.08. The van der Waals surface area contributed by atoms with Crippen molar-refractivity contribution in [2.75, 3.05) is 27.3 Å². The predicted octanol–water partition coefficient (Wildman–Crippen LogP) is 3.86. The van der Waals surface area contributed by atoms with Crippen LogP contribution in [0.3, 0.4) is 0 Å². The first-order valence-electron chi connectivity index (χ1n) is 10.3. The van der Waals surface area contributed by atoms with Crippen molar-refractivity contribution in [2.45, 2.75) is 38.6 Å². The summed E-state index contributed by atoms with van der Waals surface area (Å²) in [5, 5.41) is 3.03. The number of hydrogen-bond acceptors (Lipinski definition) is 5. The van der Waals surface area contributed by atoms with Crippen LogP contribution in [-0.4, -0.2) is 45.9 Å². The summed E-state index contributed by atoms with van der Waals surface area (Å²) in [4.78, 5) is 13.1. The molecule has 0 spiro atoms. The Kier molecular flexibility index (Phi) is 8.47. The minimum Gasteiger partial charge on any atom is -0.490 e. The van der Waals surface area contributed by atoms with Gasteiger partial charge < -0.3 is 14.8 Å². The number of amides is 1. The van der Waals surface area contributed by atoms with Crippen molar-refractivity contribution in [3.05, 3.63) is 53.6 Å². The van der Waals surface area contributed by atoms with Crippen LogP contribution >= 0.6 is 0 Å². The lowest BCUT2D eigenvalue weighted by Gasteiger charge is -2.24. The molecular weight excluding hydrogens is 416 g/mol. The van der Waals surface area contributed by atoms with Crippen LogP contribution in [0.25, 0.3) is 0 Å². The number of hydrogen-bond donors (Lipinski definition) is 1. The third kappa shape index (κ3) is 5.98. The van der Waals surface area contributed by atoms with E-state index in [0.29, 0.717) is 24.7 Å². The van der Waals surface area contributed by atoms with Gasteiger partial charge in [0.15, 0.2) is 11.5 Å². The normalized spacial score (nSPS) is 12.6. The molecule has 0 heterocycles. The molecule has 0 fully saturated rings. The van der Waals surface area contributed by atoms with Crippen molar-refractivity contribution in [1.29, 1.82) is 0 Å². The van der Waals surface area contributed by atoms with Crippen molar-refractivity contribution in [1.82, 2.24) is 9.62 Å². The molecule has 0 aliphatic rings. The van der Waals surface area contributed by atoms with Crippen LogP contribution in [0.2, 0.25) is 0 Å². The summed E-state index contributed by atoms with van der Waals surface area (Å²) in [6, 6.07) is 11.4. The largest absolute Gasteiger partial charge is 0.490 e. The maximum absolute atomic E-state index is 13.0. The summed E-state index contributed by atoms with van der Waals surface area (Å²) >= 11 is 0. The molecule has 0 saturated heterocycles. The van der Waals surface area contributed by atoms with Gasteiger partial charge in [0.2, 0.25) is 10.0 Å². The standard InChI is InChI=1S/C23H32N2O5S/c1-7-29-20-13-12-17(15-21(20)30-8-2)22(16(3)4)24-23(26)18-10-9-11-19(14-18)31(27,28)25(5)6/h9-16,22H,7-8H2,1-6H3,(H,24,26). The number of sulfonamides is 1. The SMILES string of the molecule is CCOc1ccc(C(NC(=O)c2cccc(S(=O)(=O)N(C)C)c2)C(C)C)cc1OCC. The van der Waals surface area contributed by atoms with Gasteiger partial charge in [-0.25, -0.2) is 12.7 Å². The van der Waals surface area contributed by atoms with Crippen LogP contribution in [0.4, 0.5) is 0 Å². The monoisotopic (exact) mass is 448 g/mol. The third-order valence-electron chi connectivity index (χ3n) is 4.75. The van der Waals surface area contributed by atoms with Gasteiger partial charge in [0, 0.05) is 19.7 Å². The van der Waals surface area contributed by atoms with Crippen LogP contribution in [0.15, 0.2) is 47.4 Å². The summed E-state index contributed by atoms with van der Waals surface area (Å²) in [6.07, 6.45) is 0. The molecule has 8 heteroatoms. The summed E-state index contributed by atoms with van der Waals surface area (Å²) in [7, 11) is -0.715. The summed E-state index contributed by atoms with van der Waals surface area (Å²) in [5.74, 6) is 1.02. The van der Waals surface area contributed by atoms with E-state index in [9.17, 15) is 13.2 Å². The lowest BCUT2D eigenvalue weighted by Crippen LogP contribution is -2.32. The van der Waals surface area contributed by atoms with Gasteiger partial charge >= 0.3 is 0 Å². The highest BCUT2D eigenvalue weighted by molar-refractivity contribution is 7.89. The first-order valence-corrected chi connectivity index (χ1v) is 11.8. The number of ether oxygens (including phenoxy) is 2. The van der Waals surface area contributed by atoms with Gasteiger partial charge in [-0.1, -0.05) is 26.0 Å². The third-order valence-corrected chi connectivity index (χ3v) is 6.57. The molecule has 170 valence electrons. The van der Waals surface area contributed by atoms with E-state index in [1.54, 1.807) is 12.1 Å². The minimum atomic E-state index is -3.63. The van der Waals surface area contributed by atoms with Crippen molar-refractivity contribution in [3.63, 3.8) is 0 Å². The number of rotatable bonds is 10. The van der Waals surface area contributed by atoms with E-state index < -0.39 is 10.0 Å². The highest BCUT2D eigenvalue weighted by Gasteiger charge is 2.23. The second kappa shape index (κ2) is 10.6. The average Bonchev–Trinajstić information content (AvgIpc) is 2.73. The van der Waals surface area contributed by atoms with Gasteiger partial charge in [-0.15, -0.1) is 0 Å². The number of carbonyl (C=O) groups is 1. The maximum atomic E-state index is 13.0. The molecule has 2 aromatic rings. The lowest BCUT2D eigenvalue weighted by molar-refractivity contribution is 0.0925. The second-order valence-corrected chi connectivity index (χ2v) is 9.73. The maximum Gasteiger partial charge on any atom is 0.251 e. The molecule has 0 bridgehead atoms. The van der Waals surface area contributed by atoms with E-state index in [-0.39, 0.29) is 28.3 Å². The molecule has 0 aliphatic heterocycles. The Morgan fingerprint density at radius 2 is 1.65 bits per heavy atom. The number of carbonyl (C=O) groups excluding carboxylic acids is 1. The summed E-state index contributed by atoms with van der Waals surface area (Å²) < 4.78 is 37.3. The highest BCUT2D eigenvalue weighted by Crippen LogP contribution is 2.33. The van der Waals surface area contributed by atoms with Crippen LogP contribution in [-0.2, 0) is 10.0 Å². The topological polar surface area (TPSA) is 84.9 Å². The van der Waals surface area contributed by atoms with Gasteiger partial charge in [-0.05, 0) is 55.7 Å². The lowest BCUT2D eigenvalue weighted by atomic mass is 9.95.